The summed E-state index contributed by atoms with van der Waals surface area (Å²) in [5.74, 6) is 0.895. The highest BCUT2D eigenvalue weighted by Gasteiger charge is 2.17. The molecular formula is C29H27N7O2. The first-order valence-electron chi connectivity index (χ1n) is 12.2. The molecule has 3 aromatic heterocycles. The minimum Gasteiger partial charge on any atom is -0.383 e. The third-order valence-corrected chi connectivity index (χ3v) is 6.16. The molecule has 0 aliphatic heterocycles. The fourth-order valence-electron chi connectivity index (χ4n) is 4.33. The second-order valence-corrected chi connectivity index (χ2v) is 8.87. The van der Waals surface area contributed by atoms with Crippen LogP contribution in [0.4, 0.5) is 11.5 Å². The van der Waals surface area contributed by atoms with Gasteiger partial charge in [0.15, 0.2) is 17.8 Å². The van der Waals surface area contributed by atoms with E-state index in [9.17, 15) is 9.59 Å². The molecule has 1 amide bonds. The Bertz CT molecular complexity index is 1610. The molecule has 4 N–H and O–H groups in total. The molecule has 0 aliphatic rings. The number of imidazole rings is 1. The van der Waals surface area contributed by atoms with Crippen LogP contribution >= 0.6 is 0 Å². The number of fused-ring (bicyclic) bond motifs is 1. The highest BCUT2D eigenvalue weighted by atomic mass is 16.1. The second kappa shape index (κ2) is 11.0. The van der Waals surface area contributed by atoms with Crippen LogP contribution in [-0.4, -0.2) is 38.3 Å². The van der Waals surface area contributed by atoms with Gasteiger partial charge >= 0.3 is 0 Å². The van der Waals surface area contributed by atoms with Gasteiger partial charge < -0.3 is 16.4 Å². The molecule has 0 fully saturated rings. The normalized spacial score (nSPS) is 11.0. The number of benzene rings is 2. The Morgan fingerprint density at radius 2 is 1.76 bits per heavy atom. The van der Waals surface area contributed by atoms with E-state index in [2.05, 4.69) is 32.7 Å². The molecule has 2 aromatic carbocycles. The number of hydrogen-bond acceptors (Lipinski definition) is 7. The van der Waals surface area contributed by atoms with Crippen LogP contribution in [0.1, 0.15) is 28.4 Å². The van der Waals surface area contributed by atoms with Crippen molar-refractivity contribution in [3.05, 3.63) is 95.8 Å². The molecule has 0 bridgehead atoms. The van der Waals surface area contributed by atoms with Gasteiger partial charge in [-0.2, -0.15) is 0 Å². The predicted molar refractivity (Wildman–Crippen MR) is 148 cm³/mol. The summed E-state index contributed by atoms with van der Waals surface area (Å²) in [6.45, 7) is 2.85. The topological polar surface area (TPSA) is 128 Å². The van der Waals surface area contributed by atoms with Crippen LogP contribution in [-0.2, 0) is 17.8 Å². The molecule has 5 aromatic rings. The van der Waals surface area contributed by atoms with E-state index in [4.69, 9.17) is 10.7 Å². The molecule has 5 rings (SSSR count). The lowest BCUT2D eigenvalue weighted by Crippen LogP contribution is -2.17. The molecule has 9 heteroatoms. The van der Waals surface area contributed by atoms with Gasteiger partial charge in [0.1, 0.15) is 11.3 Å². The molecule has 190 valence electrons. The summed E-state index contributed by atoms with van der Waals surface area (Å²) >= 11 is 0. The lowest BCUT2D eigenvalue weighted by Gasteiger charge is -2.12. The zero-order chi connectivity index (χ0) is 26.5. The lowest BCUT2D eigenvalue weighted by molar-refractivity contribution is -0.114. The number of pyridine rings is 2. The zero-order valence-corrected chi connectivity index (χ0v) is 20.9. The number of nitrogens with one attached hydrogen (secondary N) is 2. The van der Waals surface area contributed by atoms with E-state index in [1.54, 1.807) is 18.5 Å². The van der Waals surface area contributed by atoms with Crippen LogP contribution in [0.5, 0.6) is 0 Å². The molecule has 0 unspecified atom stereocenters. The van der Waals surface area contributed by atoms with Crippen molar-refractivity contribution in [1.82, 2.24) is 24.8 Å². The van der Waals surface area contributed by atoms with Crippen LogP contribution in [0, 0.1) is 0 Å². The SMILES string of the molecule is CC(=O)Nc1cc(CCNCc2ccc(-n3c(-c4cccnc4N)nc4cccnc43)cc2)ccc1C=O. The van der Waals surface area contributed by atoms with E-state index in [0.717, 1.165) is 52.8 Å². The minimum atomic E-state index is -0.206. The van der Waals surface area contributed by atoms with Crippen molar-refractivity contribution in [3.63, 3.8) is 0 Å². The number of anilines is 2. The number of aldehydes is 1. The summed E-state index contributed by atoms with van der Waals surface area (Å²) in [5, 5.41) is 6.17. The minimum absolute atomic E-state index is 0.206. The number of carbonyl (C=O) groups excluding carboxylic acids is 2. The fourth-order valence-corrected chi connectivity index (χ4v) is 4.33. The number of aromatic nitrogens is 4. The van der Waals surface area contributed by atoms with Crippen LogP contribution in [0.3, 0.4) is 0 Å². The van der Waals surface area contributed by atoms with Crippen molar-refractivity contribution >= 4 is 34.9 Å². The van der Waals surface area contributed by atoms with Crippen molar-refractivity contribution < 1.29 is 9.59 Å². The molecule has 0 radical (unpaired) electrons. The Morgan fingerprint density at radius 1 is 1.00 bits per heavy atom. The maximum Gasteiger partial charge on any atom is 0.221 e. The van der Waals surface area contributed by atoms with Crippen molar-refractivity contribution in [3.8, 4) is 17.1 Å². The third kappa shape index (κ3) is 5.28. The van der Waals surface area contributed by atoms with Gasteiger partial charge in [-0.1, -0.05) is 18.2 Å². The summed E-state index contributed by atoms with van der Waals surface area (Å²) < 4.78 is 2.00. The van der Waals surface area contributed by atoms with E-state index in [1.165, 1.54) is 6.92 Å². The van der Waals surface area contributed by atoms with Crippen molar-refractivity contribution in [1.29, 1.82) is 0 Å². The van der Waals surface area contributed by atoms with Gasteiger partial charge in [0.25, 0.3) is 0 Å². The average Bonchev–Trinajstić information content (AvgIpc) is 3.31. The number of amides is 1. The summed E-state index contributed by atoms with van der Waals surface area (Å²) in [5.41, 5.74) is 12.5. The maximum absolute atomic E-state index is 11.4. The summed E-state index contributed by atoms with van der Waals surface area (Å²) in [7, 11) is 0. The summed E-state index contributed by atoms with van der Waals surface area (Å²) in [6.07, 6.45) is 4.91. The van der Waals surface area contributed by atoms with Gasteiger partial charge in [0.2, 0.25) is 5.91 Å². The lowest BCUT2D eigenvalue weighted by atomic mass is 10.1. The second-order valence-electron chi connectivity index (χ2n) is 8.87. The third-order valence-electron chi connectivity index (χ3n) is 6.16. The molecule has 0 atom stereocenters. The highest BCUT2D eigenvalue weighted by Crippen LogP contribution is 2.30. The molecule has 3 heterocycles. The quantitative estimate of drug-likeness (QED) is 0.203. The van der Waals surface area contributed by atoms with Crippen LogP contribution in [0.15, 0.2) is 79.1 Å². The van der Waals surface area contributed by atoms with Crippen LogP contribution in [0.25, 0.3) is 28.2 Å². The number of carbonyl (C=O) groups is 2. The molecule has 0 spiro atoms. The fraction of sp³-hybridized carbons (Fsp3) is 0.138. The number of nitrogen functional groups attached to an aromatic ring is 1. The first-order valence-corrected chi connectivity index (χ1v) is 12.2. The van der Waals surface area contributed by atoms with Crippen molar-refractivity contribution in [2.45, 2.75) is 19.9 Å². The Hall–Kier alpha value is -4.89. The number of nitrogens with zero attached hydrogens (tertiary/aromatic N) is 4. The molecule has 0 saturated carbocycles. The van der Waals surface area contributed by atoms with E-state index in [-0.39, 0.29) is 5.91 Å². The summed E-state index contributed by atoms with van der Waals surface area (Å²) in [6, 6.07) is 21.2. The Labute approximate surface area is 219 Å². The molecule has 0 saturated heterocycles. The Kier molecular flexibility index (Phi) is 7.19. The maximum atomic E-state index is 11.4. The first kappa shape index (κ1) is 24.8. The smallest absolute Gasteiger partial charge is 0.221 e. The van der Waals surface area contributed by atoms with E-state index in [1.807, 2.05) is 53.1 Å². The Morgan fingerprint density at radius 3 is 2.53 bits per heavy atom. The van der Waals surface area contributed by atoms with Gasteiger partial charge in [-0.25, -0.2) is 15.0 Å². The number of hydrogen-bond donors (Lipinski definition) is 3. The van der Waals surface area contributed by atoms with Gasteiger partial charge in [-0.05, 0) is 72.6 Å². The predicted octanol–water partition coefficient (Wildman–Crippen LogP) is 4.17. The summed E-state index contributed by atoms with van der Waals surface area (Å²) in [4.78, 5) is 36.2. The van der Waals surface area contributed by atoms with E-state index < -0.39 is 0 Å². The van der Waals surface area contributed by atoms with Crippen LogP contribution in [0.2, 0.25) is 0 Å². The van der Waals surface area contributed by atoms with Crippen LogP contribution < -0.4 is 16.4 Å². The Balaban J connectivity index is 1.29. The van der Waals surface area contributed by atoms with E-state index in [0.29, 0.717) is 29.4 Å². The molecular weight excluding hydrogens is 478 g/mol. The van der Waals surface area contributed by atoms with Gasteiger partial charge in [0, 0.05) is 37.1 Å². The van der Waals surface area contributed by atoms with Crippen molar-refractivity contribution in [2.24, 2.45) is 0 Å². The number of rotatable bonds is 9. The largest absolute Gasteiger partial charge is 0.383 e. The first-order chi connectivity index (χ1) is 18.5. The monoisotopic (exact) mass is 505 g/mol. The van der Waals surface area contributed by atoms with Gasteiger partial charge in [0.05, 0.1) is 11.3 Å². The van der Waals surface area contributed by atoms with Gasteiger partial charge in [-0.3, -0.25) is 14.2 Å². The zero-order valence-electron chi connectivity index (χ0n) is 20.9. The standard InChI is InChI=1S/C29H27N7O2/c1-19(38)34-26-16-20(6-9-22(26)18-37)12-15-31-17-21-7-10-23(11-8-21)36-28(24-4-2-13-32-27(24)30)35-25-5-3-14-33-29(25)36/h2-11,13-14,16,18,31H,12,15,17H2,1H3,(H2,30,32)(H,34,38). The van der Waals surface area contributed by atoms with E-state index >= 15 is 0 Å². The molecule has 38 heavy (non-hydrogen) atoms. The number of nitrogens with two attached hydrogens (primary N) is 1. The average molecular weight is 506 g/mol. The molecule has 9 nitrogen and oxygen atoms in total. The highest BCUT2D eigenvalue weighted by molar-refractivity contribution is 5.95. The van der Waals surface area contributed by atoms with Crippen molar-refractivity contribution in [2.75, 3.05) is 17.6 Å². The molecule has 0 aliphatic carbocycles. The van der Waals surface area contributed by atoms with Gasteiger partial charge in [-0.15, -0.1) is 0 Å².